The van der Waals surface area contributed by atoms with Gasteiger partial charge in [-0.25, -0.2) is 4.68 Å². The summed E-state index contributed by atoms with van der Waals surface area (Å²) in [6, 6.07) is 0.402. The molecule has 0 spiro atoms. The summed E-state index contributed by atoms with van der Waals surface area (Å²) in [4.78, 5) is 12.4. The quantitative estimate of drug-likeness (QED) is 0.784. The van der Waals surface area contributed by atoms with Crippen LogP contribution < -0.4 is 10.9 Å². The molecule has 4 heteroatoms. The summed E-state index contributed by atoms with van der Waals surface area (Å²) in [6.07, 6.45) is 7.04. The van der Waals surface area contributed by atoms with Crippen LogP contribution in [0, 0.1) is 5.92 Å². The summed E-state index contributed by atoms with van der Waals surface area (Å²) in [6.45, 7) is 3.16. The molecule has 1 unspecified atom stereocenters. The second-order valence-corrected chi connectivity index (χ2v) is 5.62. The van der Waals surface area contributed by atoms with Gasteiger partial charge in [0.1, 0.15) is 5.82 Å². The third-order valence-corrected chi connectivity index (χ3v) is 4.13. The molecule has 1 aliphatic heterocycles. The first-order chi connectivity index (χ1) is 8.25. The van der Waals surface area contributed by atoms with Gasteiger partial charge >= 0.3 is 0 Å². The molecule has 3 rings (SSSR count). The Labute approximate surface area is 101 Å². The highest BCUT2D eigenvalue weighted by Gasteiger charge is 2.25. The summed E-state index contributed by atoms with van der Waals surface area (Å²) in [5, 5.41) is 6.62. The molecular weight excluding hydrogens is 214 g/mol. The zero-order valence-electron chi connectivity index (χ0n) is 10.5. The van der Waals surface area contributed by atoms with Gasteiger partial charge in [0.05, 0.1) is 11.6 Å². The highest BCUT2D eigenvalue weighted by molar-refractivity contribution is 5.45. The van der Waals surface area contributed by atoms with Gasteiger partial charge in [-0.15, -0.1) is 0 Å². The van der Waals surface area contributed by atoms with Gasteiger partial charge in [-0.1, -0.05) is 26.2 Å². The lowest BCUT2D eigenvalue weighted by molar-refractivity contribution is 0.323. The van der Waals surface area contributed by atoms with E-state index in [1.54, 1.807) is 0 Å². The van der Waals surface area contributed by atoms with Crippen molar-refractivity contribution in [2.75, 3.05) is 11.9 Å². The Balaban J connectivity index is 1.93. The van der Waals surface area contributed by atoms with E-state index in [1.165, 1.54) is 19.3 Å². The number of aromatic nitrogens is 2. The van der Waals surface area contributed by atoms with Crippen molar-refractivity contribution in [1.82, 2.24) is 9.78 Å². The van der Waals surface area contributed by atoms with E-state index in [0.29, 0.717) is 12.0 Å². The van der Waals surface area contributed by atoms with Gasteiger partial charge in [-0.05, 0) is 25.2 Å². The highest BCUT2D eigenvalue weighted by atomic mass is 16.1. The van der Waals surface area contributed by atoms with Crippen LogP contribution in [0.5, 0.6) is 0 Å². The molecule has 17 heavy (non-hydrogen) atoms. The number of rotatable bonds is 1. The fourth-order valence-corrected chi connectivity index (χ4v) is 3.12. The zero-order chi connectivity index (χ0) is 11.8. The lowest BCUT2D eigenvalue weighted by Gasteiger charge is -2.21. The average molecular weight is 235 g/mol. The van der Waals surface area contributed by atoms with Gasteiger partial charge in [0, 0.05) is 6.54 Å². The summed E-state index contributed by atoms with van der Waals surface area (Å²) < 4.78 is 1.88. The number of H-pyrrole nitrogens is 1. The Hall–Kier alpha value is -1.19. The van der Waals surface area contributed by atoms with Crippen molar-refractivity contribution in [1.29, 1.82) is 0 Å². The average Bonchev–Trinajstić information content (AvgIpc) is 2.68. The predicted octanol–water partition coefficient (Wildman–Crippen LogP) is 2.29. The van der Waals surface area contributed by atoms with Crippen LogP contribution in [0.15, 0.2) is 4.79 Å². The zero-order valence-corrected chi connectivity index (χ0v) is 10.5. The molecule has 0 saturated heterocycles. The molecule has 1 aromatic heterocycles. The van der Waals surface area contributed by atoms with Crippen molar-refractivity contribution >= 4 is 5.82 Å². The van der Waals surface area contributed by atoms with E-state index >= 15 is 0 Å². The third-order valence-electron chi connectivity index (χ3n) is 4.13. The smallest absolute Gasteiger partial charge is 0.272 e. The van der Waals surface area contributed by atoms with Crippen molar-refractivity contribution in [2.45, 2.75) is 51.5 Å². The number of aromatic amines is 1. The second-order valence-electron chi connectivity index (χ2n) is 5.62. The number of hydrogen-bond acceptors (Lipinski definition) is 2. The van der Waals surface area contributed by atoms with E-state index in [4.69, 9.17) is 0 Å². The fourth-order valence-electron chi connectivity index (χ4n) is 3.12. The van der Waals surface area contributed by atoms with Gasteiger partial charge in [0.15, 0.2) is 0 Å². The van der Waals surface area contributed by atoms with Gasteiger partial charge in [-0.2, -0.15) is 0 Å². The van der Waals surface area contributed by atoms with Gasteiger partial charge < -0.3 is 5.32 Å². The number of nitrogens with one attached hydrogen (secondary N) is 2. The number of fused-ring (bicyclic) bond motifs is 1. The van der Waals surface area contributed by atoms with Crippen molar-refractivity contribution in [3.8, 4) is 0 Å². The second kappa shape index (κ2) is 4.24. The van der Waals surface area contributed by atoms with Gasteiger partial charge in [-0.3, -0.25) is 9.89 Å². The molecule has 1 atom stereocenters. The Bertz CT molecular complexity index is 454. The lowest BCUT2D eigenvalue weighted by Crippen LogP contribution is -2.27. The Morgan fingerprint density at radius 2 is 2.00 bits per heavy atom. The molecular formula is C13H21N3O. The van der Waals surface area contributed by atoms with E-state index in [-0.39, 0.29) is 5.56 Å². The molecule has 2 aliphatic rings. The maximum absolute atomic E-state index is 12.4. The molecule has 0 amide bonds. The van der Waals surface area contributed by atoms with Gasteiger partial charge in [0.25, 0.3) is 5.56 Å². The van der Waals surface area contributed by atoms with Crippen molar-refractivity contribution < 1.29 is 0 Å². The fraction of sp³-hybridized carbons (Fsp3) is 0.769. The normalized spacial score (nSPS) is 25.4. The molecule has 1 fully saturated rings. The van der Waals surface area contributed by atoms with Crippen LogP contribution >= 0.6 is 0 Å². The monoisotopic (exact) mass is 235 g/mol. The van der Waals surface area contributed by atoms with Crippen LogP contribution in [-0.4, -0.2) is 16.3 Å². The summed E-state index contributed by atoms with van der Waals surface area (Å²) in [7, 11) is 0. The van der Waals surface area contributed by atoms with E-state index in [0.717, 1.165) is 37.2 Å². The van der Waals surface area contributed by atoms with Crippen molar-refractivity contribution in [3.63, 3.8) is 0 Å². The molecule has 2 heterocycles. The van der Waals surface area contributed by atoms with Crippen LogP contribution in [0.4, 0.5) is 5.82 Å². The van der Waals surface area contributed by atoms with Gasteiger partial charge in [0.2, 0.25) is 0 Å². The summed E-state index contributed by atoms with van der Waals surface area (Å²) >= 11 is 0. The standard InChI is InChI=1S/C13H21N3O/c1-9-7-11-12(14-8-9)15-16(13(11)17)10-5-3-2-4-6-10/h9-10,14-15H,2-8H2,1H3. The Morgan fingerprint density at radius 3 is 2.76 bits per heavy atom. The Morgan fingerprint density at radius 1 is 1.24 bits per heavy atom. The minimum Gasteiger partial charge on any atom is -0.370 e. The molecule has 0 radical (unpaired) electrons. The summed E-state index contributed by atoms with van der Waals surface area (Å²) in [5.41, 5.74) is 1.18. The van der Waals surface area contributed by atoms with E-state index in [2.05, 4.69) is 17.3 Å². The van der Waals surface area contributed by atoms with Crippen LogP contribution in [0.25, 0.3) is 0 Å². The predicted molar refractivity (Wildman–Crippen MR) is 68.5 cm³/mol. The maximum Gasteiger partial charge on any atom is 0.272 e. The minimum atomic E-state index is 0.214. The molecule has 94 valence electrons. The topological polar surface area (TPSA) is 49.8 Å². The molecule has 0 aromatic carbocycles. The molecule has 2 N–H and O–H groups in total. The molecule has 4 nitrogen and oxygen atoms in total. The van der Waals surface area contributed by atoms with Crippen molar-refractivity contribution in [2.24, 2.45) is 5.92 Å². The number of hydrogen-bond donors (Lipinski definition) is 2. The van der Waals surface area contributed by atoms with E-state index in [1.807, 2.05) is 4.68 Å². The van der Waals surface area contributed by atoms with Crippen molar-refractivity contribution in [3.05, 3.63) is 15.9 Å². The largest absolute Gasteiger partial charge is 0.370 e. The number of anilines is 1. The van der Waals surface area contributed by atoms with E-state index in [9.17, 15) is 4.79 Å². The summed E-state index contributed by atoms with van der Waals surface area (Å²) in [5.74, 6) is 1.53. The first-order valence-electron chi connectivity index (χ1n) is 6.83. The van der Waals surface area contributed by atoms with Crippen LogP contribution in [-0.2, 0) is 6.42 Å². The molecule has 1 saturated carbocycles. The number of nitrogens with zero attached hydrogens (tertiary/aromatic N) is 1. The molecule has 1 aliphatic carbocycles. The lowest BCUT2D eigenvalue weighted by atomic mass is 9.95. The van der Waals surface area contributed by atoms with Crippen LogP contribution in [0.2, 0.25) is 0 Å². The Kier molecular flexibility index (Phi) is 2.73. The maximum atomic E-state index is 12.4. The first kappa shape index (κ1) is 10.9. The van der Waals surface area contributed by atoms with Crippen LogP contribution in [0.3, 0.4) is 0 Å². The highest BCUT2D eigenvalue weighted by Crippen LogP contribution is 2.28. The minimum absolute atomic E-state index is 0.214. The molecule has 1 aromatic rings. The molecule has 0 bridgehead atoms. The van der Waals surface area contributed by atoms with E-state index < -0.39 is 0 Å². The first-order valence-corrected chi connectivity index (χ1v) is 6.83. The van der Waals surface area contributed by atoms with Crippen LogP contribution in [0.1, 0.15) is 50.6 Å². The SMILES string of the molecule is CC1CNc2[nH]n(C3CCCCC3)c(=O)c2C1. The third kappa shape index (κ3) is 1.90.